The van der Waals surface area contributed by atoms with Gasteiger partial charge < -0.3 is 28.6 Å². The van der Waals surface area contributed by atoms with Crippen molar-refractivity contribution in [1.82, 2.24) is 15.0 Å². The smallest absolute Gasteiger partial charge is 0.155 e. The molecule has 0 saturated carbocycles. The quantitative estimate of drug-likeness (QED) is 0.0668. The first-order valence-electron chi connectivity index (χ1n) is 29.1. The number of furan rings is 3. The molecule has 6 heterocycles. The van der Waals surface area contributed by atoms with Crippen LogP contribution in [0.25, 0.3) is 112 Å². The Hall–Kier alpha value is -9.88. The molecule has 6 aromatic heterocycles. The van der Waals surface area contributed by atoms with Crippen molar-refractivity contribution in [3.63, 3.8) is 0 Å². The minimum absolute atomic E-state index is 0. The first kappa shape index (κ1) is 75.8. The van der Waals surface area contributed by atoms with Gasteiger partial charge in [-0.3, -0.25) is 29.3 Å². The summed E-state index contributed by atoms with van der Waals surface area (Å²) >= 11 is 0. The minimum atomic E-state index is -0.264. The second-order valence-corrected chi connectivity index (χ2v) is 20.8. The van der Waals surface area contributed by atoms with Crippen molar-refractivity contribution in [3.05, 3.63) is 296 Å². The Kier molecular flexibility index (Phi) is 30.1. The van der Waals surface area contributed by atoms with Crippen LogP contribution in [0.3, 0.4) is 0 Å². The molecule has 16 heteroatoms. The predicted octanol–water partition coefficient (Wildman–Crippen LogP) is 20.1. The number of aryl methyl sites for hydroxylation is 1. The second kappa shape index (κ2) is 37.7. The third-order valence-electron chi connectivity index (χ3n) is 13.1. The van der Waals surface area contributed by atoms with Crippen molar-refractivity contribution in [1.29, 1.82) is 0 Å². The fraction of sp³-hybridized carbons (Fsp3) is 0.0886. The molecule has 0 bridgehead atoms. The Bertz CT molecular complexity index is 4600. The Morgan fingerprint density at radius 3 is 1.17 bits per heavy atom. The predicted molar refractivity (Wildman–Crippen MR) is 362 cm³/mol. The van der Waals surface area contributed by atoms with Gasteiger partial charge in [-0.2, -0.15) is 0 Å². The number of hydrogen-bond acceptors (Lipinski definition) is 12. The van der Waals surface area contributed by atoms with Crippen LogP contribution in [0.1, 0.15) is 47.1 Å². The standard InChI is InChI=1S/C25H16NO.C20H14NO.C19H11FNO.3C5H8O2.3Ir/c1-4-10-18(11-5-1)21-16-17-22-24(26-21)23(19-12-6-2-7-13-19)25(27-22)20-14-8-3-9-15-20;1-14-19-18(22-20(14)16-10-6-3-7-11-16)13-12-17(21-19)15-8-4-2-5-9-15;20-15-8-6-14(7-9-15)19-12-17-18(22-19)11-10-16(21-17)13-4-2-1-3-5-13;3*1-4(6)3-5(2)7;;;/h1-10,12-17H;2-8,10-13H,1H3;1-4,6-12H;3*3,6H,1-2H3;;;/q3*-1;;;;;;. The third-order valence-corrected chi connectivity index (χ3v) is 13.1. The molecule has 95 heavy (non-hydrogen) atoms. The van der Waals surface area contributed by atoms with E-state index in [1.54, 1.807) is 12.1 Å². The number of nitrogens with zero attached hydrogens (tertiary/aromatic N) is 3. The van der Waals surface area contributed by atoms with Crippen LogP contribution >= 0.6 is 0 Å². The summed E-state index contributed by atoms with van der Waals surface area (Å²) in [6.45, 7) is 10.6. The van der Waals surface area contributed by atoms with E-state index in [-0.39, 0.29) is 101 Å². The topological polar surface area (TPSA) is 190 Å². The zero-order valence-electron chi connectivity index (χ0n) is 52.7. The van der Waals surface area contributed by atoms with Crippen LogP contribution in [0.2, 0.25) is 0 Å². The average Bonchev–Trinajstić information content (AvgIpc) is 1.81. The fourth-order valence-corrected chi connectivity index (χ4v) is 9.27. The Morgan fingerprint density at radius 2 is 0.768 bits per heavy atom. The van der Waals surface area contributed by atoms with E-state index in [4.69, 9.17) is 38.5 Å². The maximum Gasteiger partial charge on any atom is 0.155 e. The average molecular weight is 1800 g/mol. The Labute approximate surface area is 591 Å². The van der Waals surface area contributed by atoms with Crippen LogP contribution in [-0.2, 0) is 74.7 Å². The molecular weight excluding hydrogens is 1730 g/mol. The van der Waals surface area contributed by atoms with E-state index in [0.717, 1.165) is 106 Å². The first-order chi connectivity index (χ1) is 44.4. The number of pyridine rings is 3. The van der Waals surface area contributed by atoms with E-state index < -0.39 is 0 Å². The summed E-state index contributed by atoms with van der Waals surface area (Å²) in [5.74, 6) is 1.96. The van der Waals surface area contributed by atoms with Gasteiger partial charge in [0.25, 0.3) is 0 Å². The van der Waals surface area contributed by atoms with Crippen LogP contribution in [0.5, 0.6) is 0 Å². The number of allylic oxidation sites excluding steroid dienone is 6. The number of benzene rings is 7. The van der Waals surface area contributed by atoms with Crippen molar-refractivity contribution in [2.45, 2.75) is 48.5 Å². The molecule has 13 aromatic rings. The molecule has 7 aromatic carbocycles. The number of ketones is 3. The molecule has 3 N–H and O–H groups in total. The molecule has 0 aliphatic rings. The summed E-state index contributed by atoms with van der Waals surface area (Å²) < 4.78 is 31.1. The van der Waals surface area contributed by atoms with E-state index in [2.05, 4.69) is 66.5 Å². The van der Waals surface area contributed by atoms with Crippen molar-refractivity contribution < 1.29 is 108 Å². The molecule has 0 fully saturated rings. The molecule has 12 nitrogen and oxygen atoms in total. The van der Waals surface area contributed by atoms with Gasteiger partial charge in [0.2, 0.25) is 0 Å². The van der Waals surface area contributed by atoms with Gasteiger partial charge in [0, 0.05) is 107 Å². The molecular formula is C79H65FIr3N3O9-3. The maximum absolute atomic E-state index is 13.0. The van der Waals surface area contributed by atoms with Crippen molar-refractivity contribution in [3.8, 4) is 78.9 Å². The van der Waals surface area contributed by atoms with E-state index in [9.17, 15) is 18.8 Å². The van der Waals surface area contributed by atoms with Crippen molar-refractivity contribution in [2.24, 2.45) is 0 Å². The summed E-state index contributed by atoms with van der Waals surface area (Å²) in [7, 11) is 0. The third kappa shape index (κ3) is 22.4. The van der Waals surface area contributed by atoms with Gasteiger partial charge in [-0.1, -0.05) is 109 Å². The minimum Gasteiger partial charge on any atom is -0.512 e. The molecule has 0 aliphatic carbocycles. The Balaban J connectivity index is 0.000000222. The number of aliphatic hydroxyl groups excluding tert-OH is 3. The SMILES string of the molecule is CC(=O)C=C(C)O.CC(=O)C=C(C)O.CC(=O)C=C(C)O.Cc1c(-c2ccccc2)oc2ccc(-c3[c-]cccc3)nc12.Fc1ccc(-c2cc3nc(-c4[c-]cccc4)ccc3o2)cc1.[Ir].[Ir].[Ir].[c-]1ccccc1-c1ccc2oc(-c3ccccc3)c(-c3ccccc3)c2n1. The first-order valence-corrected chi connectivity index (χ1v) is 29.1. The molecule has 0 amide bonds. The molecule has 0 aliphatic heterocycles. The fourth-order valence-electron chi connectivity index (χ4n) is 9.27. The zero-order chi connectivity index (χ0) is 65.5. The normalized spacial score (nSPS) is 10.7. The van der Waals surface area contributed by atoms with Crippen molar-refractivity contribution >= 4 is 50.6 Å². The maximum atomic E-state index is 13.0. The van der Waals surface area contributed by atoms with E-state index in [1.165, 1.54) is 71.9 Å². The largest absolute Gasteiger partial charge is 0.512 e. The number of aromatic nitrogens is 3. The van der Waals surface area contributed by atoms with E-state index >= 15 is 0 Å². The van der Waals surface area contributed by atoms with Crippen LogP contribution in [0, 0.1) is 30.9 Å². The second-order valence-electron chi connectivity index (χ2n) is 20.8. The number of rotatable bonds is 10. The molecule has 487 valence electrons. The van der Waals surface area contributed by atoms with Gasteiger partial charge in [0.1, 0.15) is 34.1 Å². The van der Waals surface area contributed by atoms with Gasteiger partial charge in [-0.25, -0.2) is 4.39 Å². The van der Waals surface area contributed by atoms with Crippen LogP contribution < -0.4 is 0 Å². The summed E-state index contributed by atoms with van der Waals surface area (Å²) in [5.41, 5.74) is 16.5. The molecule has 13 rings (SSSR count). The summed E-state index contributed by atoms with van der Waals surface area (Å²) in [6.07, 6.45) is 3.50. The van der Waals surface area contributed by atoms with Crippen LogP contribution in [0.4, 0.5) is 4.39 Å². The molecule has 3 radical (unpaired) electrons. The van der Waals surface area contributed by atoms with Crippen LogP contribution in [0.15, 0.2) is 279 Å². The summed E-state index contributed by atoms with van der Waals surface area (Å²) in [4.78, 5) is 44.4. The summed E-state index contributed by atoms with van der Waals surface area (Å²) in [5, 5.41) is 25.1. The van der Waals surface area contributed by atoms with Gasteiger partial charge in [-0.15, -0.1) is 108 Å². The zero-order valence-corrected chi connectivity index (χ0v) is 59.9. The van der Waals surface area contributed by atoms with Crippen molar-refractivity contribution in [2.75, 3.05) is 0 Å². The van der Waals surface area contributed by atoms with E-state index in [0.29, 0.717) is 11.3 Å². The molecule has 0 atom stereocenters. The number of aliphatic hydroxyl groups is 3. The van der Waals surface area contributed by atoms with Gasteiger partial charge in [0.05, 0.1) is 28.4 Å². The number of hydrogen-bond donors (Lipinski definition) is 3. The number of carbonyl (C=O) groups is 3. The van der Waals surface area contributed by atoms with Gasteiger partial charge >= 0.3 is 0 Å². The van der Waals surface area contributed by atoms with E-state index in [1.807, 2.05) is 170 Å². The van der Waals surface area contributed by atoms with Gasteiger partial charge in [0.15, 0.2) is 34.1 Å². The summed E-state index contributed by atoms with van der Waals surface area (Å²) in [6, 6.07) is 83.6. The monoisotopic (exact) mass is 1800 g/mol. The van der Waals surface area contributed by atoms with Gasteiger partial charge in [-0.05, 0) is 114 Å². The number of carbonyl (C=O) groups excluding carboxylic acids is 3. The number of fused-ring (bicyclic) bond motifs is 3. The Morgan fingerprint density at radius 1 is 0.400 bits per heavy atom. The molecule has 0 unspecified atom stereocenters. The number of halogens is 1. The molecule has 0 saturated heterocycles. The molecule has 0 spiro atoms. The van der Waals surface area contributed by atoms with Crippen LogP contribution in [-0.4, -0.2) is 47.6 Å².